The van der Waals surface area contributed by atoms with Gasteiger partial charge in [-0.2, -0.15) is 0 Å². The van der Waals surface area contributed by atoms with Crippen LogP contribution in [0, 0.1) is 0 Å². The van der Waals surface area contributed by atoms with E-state index in [4.69, 9.17) is 16.3 Å². The molecule has 1 amide bonds. The van der Waals surface area contributed by atoms with Gasteiger partial charge >= 0.3 is 0 Å². The van der Waals surface area contributed by atoms with Crippen LogP contribution in [0.2, 0.25) is 5.02 Å². The van der Waals surface area contributed by atoms with E-state index in [0.29, 0.717) is 16.3 Å². The Balaban J connectivity index is 1.69. The number of nitrogens with one attached hydrogen (secondary N) is 1. The molecule has 0 saturated carbocycles. The molecule has 1 saturated heterocycles. The topological polar surface area (TPSA) is 41.6 Å². The smallest absolute Gasteiger partial charge is 0.259 e. The number of benzene rings is 3. The fraction of sp³-hybridized carbons (Fsp3) is 0.261. The number of ether oxygens (including phenoxy) is 1. The van der Waals surface area contributed by atoms with E-state index in [0.717, 1.165) is 48.1 Å². The molecule has 28 heavy (non-hydrogen) atoms. The molecule has 5 heteroatoms. The van der Waals surface area contributed by atoms with E-state index in [9.17, 15) is 4.79 Å². The van der Waals surface area contributed by atoms with Crippen LogP contribution < -0.4 is 15.0 Å². The lowest BCUT2D eigenvalue weighted by atomic mass is 10.0. The second-order valence-corrected chi connectivity index (χ2v) is 7.44. The number of anilines is 2. The summed E-state index contributed by atoms with van der Waals surface area (Å²) in [5.74, 6) is 0.348. The Morgan fingerprint density at radius 2 is 1.71 bits per heavy atom. The van der Waals surface area contributed by atoms with Gasteiger partial charge in [-0.1, -0.05) is 41.9 Å². The monoisotopic (exact) mass is 394 g/mol. The summed E-state index contributed by atoms with van der Waals surface area (Å²) in [4.78, 5) is 15.4. The van der Waals surface area contributed by atoms with Crippen LogP contribution in [0.1, 0.15) is 29.6 Å². The Morgan fingerprint density at radius 1 is 1.00 bits per heavy atom. The maximum atomic E-state index is 13.1. The lowest BCUT2D eigenvalue weighted by molar-refractivity contribution is 0.102. The SMILES string of the molecule is COc1cc2ccccc2cc1C(=O)Nc1cccc(Cl)c1N1CCCCC1. The molecule has 0 aromatic heterocycles. The van der Waals surface area contributed by atoms with Gasteiger partial charge < -0.3 is 15.0 Å². The molecule has 3 aromatic carbocycles. The number of halogens is 1. The maximum Gasteiger partial charge on any atom is 0.259 e. The van der Waals surface area contributed by atoms with Crippen LogP contribution in [0.25, 0.3) is 10.8 Å². The molecule has 4 rings (SSSR count). The van der Waals surface area contributed by atoms with Crippen molar-refractivity contribution < 1.29 is 9.53 Å². The molecule has 1 aliphatic rings. The average Bonchev–Trinajstić information content (AvgIpc) is 2.73. The van der Waals surface area contributed by atoms with Crippen molar-refractivity contribution in [2.45, 2.75) is 19.3 Å². The minimum atomic E-state index is -0.205. The van der Waals surface area contributed by atoms with E-state index < -0.39 is 0 Å². The van der Waals surface area contributed by atoms with E-state index in [-0.39, 0.29) is 5.91 Å². The number of nitrogens with zero attached hydrogens (tertiary/aromatic N) is 1. The van der Waals surface area contributed by atoms with Crippen molar-refractivity contribution in [2.24, 2.45) is 0 Å². The molecule has 0 spiro atoms. The molecule has 1 aliphatic heterocycles. The van der Waals surface area contributed by atoms with Crippen molar-refractivity contribution in [1.82, 2.24) is 0 Å². The zero-order valence-corrected chi connectivity index (χ0v) is 16.6. The van der Waals surface area contributed by atoms with Crippen LogP contribution >= 0.6 is 11.6 Å². The Kier molecular flexibility index (Phi) is 5.40. The van der Waals surface area contributed by atoms with Gasteiger partial charge in [0.05, 0.1) is 29.1 Å². The summed E-state index contributed by atoms with van der Waals surface area (Å²) in [6.45, 7) is 1.90. The fourth-order valence-electron chi connectivity index (χ4n) is 3.81. The lowest BCUT2D eigenvalue weighted by Crippen LogP contribution is -2.30. The molecule has 0 aliphatic carbocycles. The first kappa shape index (κ1) is 18.6. The highest BCUT2D eigenvalue weighted by atomic mass is 35.5. The normalized spacial score (nSPS) is 14.1. The van der Waals surface area contributed by atoms with Crippen LogP contribution in [0.15, 0.2) is 54.6 Å². The molecular formula is C23H23ClN2O2. The summed E-state index contributed by atoms with van der Waals surface area (Å²) in [5, 5.41) is 5.75. The zero-order valence-electron chi connectivity index (χ0n) is 15.9. The van der Waals surface area contributed by atoms with Crippen molar-refractivity contribution in [2.75, 3.05) is 30.4 Å². The molecule has 1 fully saturated rings. The van der Waals surface area contributed by atoms with Gasteiger partial charge in [-0.25, -0.2) is 0 Å². The third kappa shape index (κ3) is 3.65. The molecule has 0 bridgehead atoms. The summed E-state index contributed by atoms with van der Waals surface area (Å²) in [6.07, 6.45) is 3.51. The highest BCUT2D eigenvalue weighted by Gasteiger charge is 2.20. The third-order valence-corrected chi connectivity index (χ3v) is 5.52. The number of rotatable bonds is 4. The van der Waals surface area contributed by atoms with Crippen molar-refractivity contribution in [3.8, 4) is 5.75 Å². The van der Waals surface area contributed by atoms with E-state index >= 15 is 0 Å². The molecule has 144 valence electrons. The zero-order chi connectivity index (χ0) is 19.5. The van der Waals surface area contributed by atoms with Crippen molar-refractivity contribution in [1.29, 1.82) is 0 Å². The number of fused-ring (bicyclic) bond motifs is 1. The second-order valence-electron chi connectivity index (χ2n) is 7.04. The van der Waals surface area contributed by atoms with Gasteiger partial charge in [0, 0.05) is 13.1 Å². The molecular weight excluding hydrogens is 372 g/mol. The Bertz CT molecular complexity index is 1010. The van der Waals surface area contributed by atoms with E-state index in [1.54, 1.807) is 7.11 Å². The Hall–Kier alpha value is -2.72. The number of hydrogen-bond acceptors (Lipinski definition) is 3. The van der Waals surface area contributed by atoms with Crippen LogP contribution in [-0.4, -0.2) is 26.1 Å². The number of amides is 1. The van der Waals surface area contributed by atoms with Crippen molar-refractivity contribution in [3.63, 3.8) is 0 Å². The highest BCUT2D eigenvalue weighted by Crippen LogP contribution is 2.36. The number of para-hydroxylation sites is 1. The summed E-state index contributed by atoms with van der Waals surface area (Å²) in [6, 6.07) is 17.3. The molecule has 1 heterocycles. The van der Waals surface area contributed by atoms with E-state index in [2.05, 4.69) is 10.2 Å². The molecule has 0 unspecified atom stereocenters. The summed E-state index contributed by atoms with van der Waals surface area (Å²) in [7, 11) is 1.58. The van der Waals surface area contributed by atoms with Gasteiger partial charge in [-0.15, -0.1) is 0 Å². The summed E-state index contributed by atoms with van der Waals surface area (Å²) < 4.78 is 5.49. The number of carbonyl (C=O) groups excluding carboxylic acids is 1. The van der Waals surface area contributed by atoms with E-state index in [1.807, 2.05) is 54.6 Å². The van der Waals surface area contributed by atoms with Gasteiger partial charge in [-0.05, 0) is 54.3 Å². The van der Waals surface area contributed by atoms with Gasteiger partial charge in [0.2, 0.25) is 0 Å². The van der Waals surface area contributed by atoms with Gasteiger partial charge in [0.25, 0.3) is 5.91 Å². The number of hydrogen-bond donors (Lipinski definition) is 1. The largest absolute Gasteiger partial charge is 0.496 e. The van der Waals surface area contributed by atoms with Crippen LogP contribution in [0.4, 0.5) is 11.4 Å². The first-order valence-corrected chi connectivity index (χ1v) is 9.97. The fourth-order valence-corrected chi connectivity index (χ4v) is 4.10. The summed E-state index contributed by atoms with van der Waals surface area (Å²) >= 11 is 6.51. The quantitative estimate of drug-likeness (QED) is 0.613. The molecule has 0 radical (unpaired) electrons. The van der Waals surface area contributed by atoms with Crippen molar-refractivity contribution in [3.05, 3.63) is 65.2 Å². The average molecular weight is 395 g/mol. The predicted octanol–water partition coefficient (Wildman–Crippen LogP) is 5.74. The molecule has 3 aromatic rings. The minimum absolute atomic E-state index is 0.205. The molecule has 4 nitrogen and oxygen atoms in total. The number of methoxy groups -OCH3 is 1. The van der Waals surface area contributed by atoms with Crippen molar-refractivity contribution >= 4 is 39.7 Å². The Labute approximate surface area is 170 Å². The number of piperidine rings is 1. The first-order valence-electron chi connectivity index (χ1n) is 9.59. The second kappa shape index (κ2) is 8.11. The van der Waals surface area contributed by atoms with Crippen LogP contribution in [0.3, 0.4) is 0 Å². The highest BCUT2D eigenvalue weighted by molar-refractivity contribution is 6.34. The number of carbonyl (C=O) groups is 1. The lowest BCUT2D eigenvalue weighted by Gasteiger charge is -2.31. The molecule has 0 atom stereocenters. The van der Waals surface area contributed by atoms with Gasteiger partial charge in [-0.3, -0.25) is 4.79 Å². The predicted molar refractivity (Wildman–Crippen MR) is 116 cm³/mol. The van der Waals surface area contributed by atoms with Crippen LogP contribution in [-0.2, 0) is 0 Å². The van der Waals surface area contributed by atoms with Gasteiger partial charge in [0.15, 0.2) is 0 Å². The molecule has 1 N–H and O–H groups in total. The van der Waals surface area contributed by atoms with E-state index in [1.165, 1.54) is 6.42 Å². The Morgan fingerprint density at radius 3 is 2.43 bits per heavy atom. The minimum Gasteiger partial charge on any atom is -0.496 e. The maximum absolute atomic E-state index is 13.1. The van der Waals surface area contributed by atoms with Gasteiger partial charge in [0.1, 0.15) is 5.75 Å². The first-order chi connectivity index (χ1) is 13.7. The third-order valence-electron chi connectivity index (χ3n) is 5.22. The van der Waals surface area contributed by atoms with Crippen LogP contribution in [0.5, 0.6) is 5.75 Å². The standard InChI is InChI=1S/C23H23ClN2O2/c1-28-21-15-17-9-4-3-8-16(17)14-18(21)23(27)25-20-11-7-10-19(24)22(20)26-12-5-2-6-13-26/h3-4,7-11,14-15H,2,5-6,12-13H2,1H3,(H,25,27). The summed E-state index contributed by atoms with van der Waals surface area (Å²) in [5.41, 5.74) is 2.14.